The summed E-state index contributed by atoms with van der Waals surface area (Å²) in [5.41, 5.74) is 2.94. The van der Waals surface area contributed by atoms with Crippen LogP contribution in [0.4, 0.5) is 17.2 Å². The molecule has 4 aromatic rings. The van der Waals surface area contributed by atoms with Crippen LogP contribution in [0.25, 0.3) is 10.9 Å². The summed E-state index contributed by atoms with van der Waals surface area (Å²) in [4.78, 5) is 6.47. The van der Waals surface area contributed by atoms with Crippen molar-refractivity contribution in [3.8, 4) is 0 Å². The molecule has 4 rings (SSSR count). The number of hydrogen-bond acceptors (Lipinski definition) is 3. The predicted octanol–water partition coefficient (Wildman–Crippen LogP) is 4.88. The minimum absolute atomic E-state index is 0.698. The van der Waals surface area contributed by atoms with Crippen LogP contribution < -0.4 is 4.90 Å². The number of H-pyrrole nitrogens is 1. The molecule has 0 unspecified atom stereocenters. The van der Waals surface area contributed by atoms with E-state index in [9.17, 15) is 0 Å². The normalized spacial score (nSPS) is 10.8. The fourth-order valence-electron chi connectivity index (χ4n) is 2.49. The third kappa shape index (κ3) is 2.64. The molecule has 0 atom stereocenters. The molecule has 2 aromatic heterocycles. The van der Waals surface area contributed by atoms with E-state index in [0.29, 0.717) is 5.02 Å². The molecule has 0 aliphatic rings. The van der Waals surface area contributed by atoms with Crippen LogP contribution in [0.2, 0.25) is 5.02 Å². The maximum absolute atomic E-state index is 6.02. The number of nitrogens with zero attached hydrogens (tertiary/aromatic N) is 3. The Balaban J connectivity index is 1.89. The first-order valence-electron chi connectivity index (χ1n) is 7.13. The van der Waals surface area contributed by atoms with E-state index in [-0.39, 0.29) is 0 Å². The smallest absolute Gasteiger partial charge is 0.145 e. The molecule has 23 heavy (non-hydrogen) atoms. The van der Waals surface area contributed by atoms with Crippen LogP contribution in [0.1, 0.15) is 0 Å². The number of hydrogen-bond donors (Lipinski definition) is 1. The van der Waals surface area contributed by atoms with Crippen LogP contribution >= 0.6 is 11.6 Å². The van der Waals surface area contributed by atoms with Crippen molar-refractivity contribution in [1.29, 1.82) is 0 Å². The first-order valence-corrected chi connectivity index (χ1v) is 7.50. The molecular weight excluding hydrogens is 308 g/mol. The fourth-order valence-corrected chi connectivity index (χ4v) is 2.62. The lowest BCUT2D eigenvalue weighted by Crippen LogP contribution is -2.11. The molecule has 0 spiro atoms. The highest BCUT2D eigenvalue weighted by atomic mass is 35.5. The molecule has 4 nitrogen and oxygen atoms in total. The molecule has 0 saturated carbocycles. The lowest BCUT2D eigenvalue weighted by molar-refractivity contribution is 1.12. The lowest BCUT2D eigenvalue weighted by Gasteiger charge is -2.24. The number of anilines is 3. The van der Waals surface area contributed by atoms with E-state index >= 15 is 0 Å². The maximum atomic E-state index is 6.02. The molecule has 111 valence electrons. The Morgan fingerprint density at radius 2 is 1.87 bits per heavy atom. The van der Waals surface area contributed by atoms with Gasteiger partial charge in [-0.25, -0.2) is 4.98 Å². The summed E-state index contributed by atoms with van der Waals surface area (Å²) in [6, 6.07) is 20.6. The van der Waals surface area contributed by atoms with E-state index in [1.54, 1.807) is 12.4 Å². The van der Waals surface area contributed by atoms with Crippen molar-refractivity contribution in [3.63, 3.8) is 0 Å². The van der Waals surface area contributed by atoms with Crippen LogP contribution in [-0.2, 0) is 0 Å². The summed E-state index contributed by atoms with van der Waals surface area (Å²) in [7, 11) is 0. The first kappa shape index (κ1) is 13.8. The van der Waals surface area contributed by atoms with Gasteiger partial charge in [-0.1, -0.05) is 11.6 Å². The number of pyridine rings is 1. The molecule has 0 amide bonds. The van der Waals surface area contributed by atoms with Crippen molar-refractivity contribution >= 4 is 39.7 Å². The Kier molecular flexibility index (Phi) is 3.44. The molecular formula is C18H12ClN4. The summed E-state index contributed by atoms with van der Waals surface area (Å²) < 4.78 is 0. The zero-order valence-electron chi connectivity index (χ0n) is 12.1. The van der Waals surface area contributed by atoms with E-state index in [1.807, 2.05) is 53.4 Å². The average Bonchev–Trinajstić information content (AvgIpc) is 3.06. The van der Waals surface area contributed by atoms with Crippen LogP contribution in [0.5, 0.6) is 0 Å². The van der Waals surface area contributed by atoms with Gasteiger partial charge in [0, 0.05) is 34.0 Å². The summed E-state index contributed by atoms with van der Waals surface area (Å²) >= 11 is 6.02. The second kappa shape index (κ2) is 5.74. The summed E-state index contributed by atoms with van der Waals surface area (Å²) in [6.45, 7) is 0. The van der Waals surface area contributed by atoms with E-state index in [2.05, 4.69) is 27.3 Å². The van der Waals surface area contributed by atoms with Crippen molar-refractivity contribution in [2.75, 3.05) is 4.90 Å². The van der Waals surface area contributed by atoms with E-state index in [4.69, 9.17) is 11.6 Å². The van der Waals surface area contributed by atoms with Gasteiger partial charge < -0.3 is 0 Å². The molecule has 0 bridgehead atoms. The van der Waals surface area contributed by atoms with Gasteiger partial charge in [0.2, 0.25) is 0 Å². The Hall–Kier alpha value is -2.85. The van der Waals surface area contributed by atoms with Crippen molar-refractivity contribution in [2.24, 2.45) is 0 Å². The van der Waals surface area contributed by atoms with Gasteiger partial charge in [0.15, 0.2) is 0 Å². The number of halogens is 1. The second-order valence-corrected chi connectivity index (χ2v) is 5.50. The Morgan fingerprint density at radius 3 is 2.65 bits per heavy atom. The SMILES string of the molecule is Clc1ccc(N(c2ccc3[nH]ncc3c2)c2[c]cccn2)cc1. The van der Waals surface area contributed by atoms with Crippen molar-refractivity contribution < 1.29 is 0 Å². The largest absolute Gasteiger partial charge is 0.295 e. The highest BCUT2D eigenvalue weighted by Gasteiger charge is 2.14. The van der Waals surface area contributed by atoms with E-state index in [1.165, 1.54) is 0 Å². The molecule has 2 aromatic carbocycles. The summed E-state index contributed by atoms with van der Waals surface area (Å²) in [6.07, 6.45) is 3.56. The Labute approximate surface area is 138 Å². The predicted molar refractivity (Wildman–Crippen MR) is 92.4 cm³/mol. The molecule has 0 aliphatic carbocycles. The minimum Gasteiger partial charge on any atom is -0.295 e. The zero-order valence-corrected chi connectivity index (χ0v) is 12.8. The number of aromatic nitrogens is 3. The highest BCUT2D eigenvalue weighted by Crippen LogP contribution is 2.34. The van der Waals surface area contributed by atoms with Crippen molar-refractivity contribution in [1.82, 2.24) is 15.2 Å². The van der Waals surface area contributed by atoms with Gasteiger partial charge in [0.1, 0.15) is 5.82 Å². The molecule has 1 N–H and O–H groups in total. The fraction of sp³-hybridized carbons (Fsp3) is 0. The highest BCUT2D eigenvalue weighted by molar-refractivity contribution is 6.30. The van der Waals surface area contributed by atoms with Crippen LogP contribution in [0, 0.1) is 6.07 Å². The van der Waals surface area contributed by atoms with Crippen LogP contribution in [0.3, 0.4) is 0 Å². The monoisotopic (exact) mass is 319 g/mol. The van der Waals surface area contributed by atoms with E-state index < -0.39 is 0 Å². The standard InChI is InChI=1S/C18H12ClN4/c19-14-4-6-15(7-5-14)23(18-3-1-2-10-20-18)16-8-9-17-13(11-16)12-21-22-17/h1-2,4-12H,(H,21,22). The summed E-state index contributed by atoms with van der Waals surface area (Å²) in [5.74, 6) is 0.720. The molecule has 2 heterocycles. The van der Waals surface area contributed by atoms with E-state index in [0.717, 1.165) is 28.1 Å². The quantitative estimate of drug-likeness (QED) is 0.585. The number of nitrogens with one attached hydrogen (secondary N) is 1. The van der Waals surface area contributed by atoms with Gasteiger partial charge >= 0.3 is 0 Å². The average molecular weight is 320 g/mol. The first-order chi connectivity index (χ1) is 11.3. The molecule has 0 saturated heterocycles. The van der Waals surface area contributed by atoms with Crippen molar-refractivity contribution in [3.05, 3.63) is 78.1 Å². The molecule has 0 aliphatic heterocycles. The van der Waals surface area contributed by atoms with Gasteiger partial charge in [0.25, 0.3) is 0 Å². The third-order valence-corrected chi connectivity index (χ3v) is 3.82. The number of aromatic amines is 1. The van der Waals surface area contributed by atoms with Crippen LogP contribution in [-0.4, -0.2) is 15.2 Å². The molecule has 0 fully saturated rings. The topological polar surface area (TPSA) is 44.8 Å². The summed E-state index contributed by atoms with van der Waals surface area (Å²) in [5, 5.41) is 8.78. The van der Waals surface area contributed by atoms with Crippen LogP contribution in [0.15, 0.2) is 67.0 Å². The third-order valence-electron chi connectivity index (χ3n) is 3.57. The number of fused-ring (bicyclic) bond motifs is 1. The van der Waals surface area contributed by atoms with Gasteiger partial charge in [-0.05, 0) is 54.6 Å². The van der Waals surface area contributed by atoms with Crippen molar-refractivity contribution in [2.45, 2.75) is 0 Å². The van der Waals surface area contributed by atoms with Gasteiger partial charge in [-0.2, -0.15) is 5.10 Å². The number of benzene rings is 2. The van der Waals surface area contributed by atoms with Gasteiger partial charge in [-0.15, -0.1) is 0 Å². The second-order valence-electron chi connectivity index (χ2n) is 5.06. The minimum atomic E-state index is 0.698. The molecule has 1 radical (unpaired) electrons. The Morgan fingerprint density at radius 1 is 1.04 bits per heavy atom. The number of rotatable bonds is 3. The lowest BCUT2D eigenvalue weighted by atomic mass is 10.2. The zero-order chi connectivity index (χ0) is 15.6. The maximum Gasteiger partial charge on any atom is 0.145 e. The molecule has 5 heteroatoms. The van der Waals surface area contributed by atoms with Gasteiger partial charge in [0.05, 0.1) is 11.7 Å². The Bertz CT molecular complexity index is 932. The van der Waals surface area contributed by atoms with Gasteiger partial charge in [-0.3, -0.25) is 10.00 Å².